The van der Waals surface area contributed by atoms with Gasteiger partial charge < -0.3 is 20.1 Å². The fraction of sp³-hybridized carbons (Fsp3) is 0.333. The first-order valence-corrected chi connectivity index (χ1v) is 12.3. The molecule has 0 unspecified atom stereocenters. The van der Waals surface area contributed by atoms with E-state index in [1.165, 1.54) is 25.4 Å². The van der Waals surface area contributed by atoms with Crippen molar-refractivity contribution < 1.29 is 22.7 Å². The lowest BCUT2D eigenvalue weighted by atomic mass is 9.95. The van der Waals surface area contributed by atoms with Crippen molar-refractivity contribution in [3.8, 4) is 11.5 Å². The Morgan fingerprint density at radius 3 is 2.39 bits per heavy atom. The van der Waals surface area contributed by atoms with E-state index in [1.807, 2.05) is 30.0 Å². The van der Waals surface area contributed by atoms with Gasteiger partial charge in [0, 0.05) is 30.6 Å². The molecule has 1 aliphatic heterocycles. The smallest absolute Gasteiger partial charge is 0.220 e. The highest BCUT2D eigenvalue weighted by atomic mass is 32.2. The molecule has 8 nitrogen and oxygen atoms in total. The summed E-state index contributed by atoms with van der Waals surface area (Å²) in [5, 5.41) is 0.688. The summed E-state index contributed by atoms with van der Waals surface area (Å²) in [7, 11) is -2.35. The Kier molecular flexibility index (Phi) is 6.42. The van der Waals surface area contributed by atoms with E-state index in [0.29, 0.717) is 60.6 Å². The van der Waals surface area contributed by atoms with Crippen LogP contribution in [0.1, 0.15) is 19.8 Å². The Morgan fingerprint density at radius 1 is 1.12 bits per heavy atom. The van der Waals surface area contributed by atoms with Crippen LogP contribution in [-0.4, -0.2) is 46.1 Å². The molecule has 0 spiro atoms. The zero-order chi connectivity index (χ0) is 23.6. The molecule has 9 heteroatoms. The van der Waals surface area contributed by atoms with Gasteiger partial charge in [0.1, 0.15) is 16.4 Å². The molecule has 4 rings (SSSR count). The topological polar surface area (TPSA) is 112 Å². The van der Waals surface area contributed by atoms with Crippen molar-refractivity contribution in [1.82, 2.24) is 4.98 Å². The monoisotopic (exact) mass is 469 g/mol. The number of carbonyl (C=O) groups is 1. The van der Waals surface area contributed by atoms with E-state index < -0.39 is 9.84 Å². The van der Waals surface area contributed by atoms with Gasteiger partial charge in [-0.1, -0.05) is 0 Å². The molecule has 2 N–H and O–H groups in total. The number of fused-ring (bicyclic) bond motifs is 1. The number of anilines is 1. The first kappa shape index (κ1) is 22.8. The highest BCUT2D eigenvalue weighted by Gasteiger charge is 2.30. The summed E-state index contributed by atoms with van der Waals surface area (Å²) in [5.41, 5.74) is 6.74. The number of aromatic nitrogens is 1. The molecular formula is C24H27N3O5S. The lowest BCUT2D eigenvalue weighted by molar-refractivity contribution is -0.122. The van der Waals surface area contributed by atoms with E-state index in [4.69, 9.17) is 15.2 Å². The highest BCUT2D eigenvalue weighted by molar-refractivity contribution is 7.91. The zero-order valence-corrected chi connectivity index (χ0v) is 19.5. The van der Waals surface area contributed by atoms with E-state index in [2.05, 4.69) is 4.98 Å². The summed E-state index contributed by atoms with van der Waals surface area (Å²) in [6.07, 6.45) is 2.54. The van der Waals surface area contributed by atoms with Crippen LogP contribution in [0.5, 0.6) is 11.5 Å². The first-order valence-electron chi connectivity index (χ1n) is 10.8. The highest BCUT2D eigenvalue weighted by Crippen LogP contribution is 2.39. The van der Waals surface area contributed by atoms with Crippen molar-refractivity contribution in [2.75, 3.05) is 31.7 Å². The maximum Gasteiger partial charge on any atom is 0.220 e. The maximum atomic E-state index is 13.7. The van der Waals surface area contributed by atoms with Gasteiger partial charge >= 0.3 is 0 Å². The van der Waals surface area contributed by atoms with Gasteiger partial charge in [-0.3, -0.25) is 9.78 Å². The van der Waals surface area contributed by atoms with E-state index >= 15 is 0 Å². The molecule has 2 heterocycles. The minimum absolute atomic E-state index is 0.117. The van der Waals surface area contributed by atoms with Crippen LogP contribution in [0.2, 0.25) is 0 Å². The number of amides is 1. The number of sulfone groups is 1. The number of pyridine rings is 1. The number of nitrogens with two attached hydrogens (primary N) is 1. The molecule has 1 aromatic heterocycles. The molecule has 1 aliphatic rings. The molecule has 2 aromatic carbocycles. The number of ether oxygens (including phenoxy) is 2. The largest absolute Gasteiger partial charge is 0.497 e. The Bertz CT molecular complexity index is 1270. The second kappa shape index (κ2) is 9.27. The van der Waals surface area contributed by atoms with E-state index in [-0.39, 0.29) is 21.6 Å². The first-order chi connectivity index (χ1) is 15.8. The van der Waals surface area contributed by atoms with Crippen molar-refractivity contribution in [3.63, 3.8) is 0 Å². The minimum atomic E-state index is -3.88. The molecule has 1 saturated heterocycles. The summed E-state index contributed by atoms with van der Waals surface area (Å²) in [5.74, 6) is 0.675. The molecule has 174 valence electrons. The molecule has 1 amide bonds. The second-order valence-electron chi connectivity index (χ2n) is 7.93. The summed E-state index contributed by atoms with van der Waals surface area (Å²) in [4.78, 5) is 18.4. The van der Waals surface area contributed by atoms with Crippen LogP contribution in [0.15, 0.2) is 58.5 Å². The lowest BCUT2D eigenvalue weighted by Crippen LogP contribution is -2.39. The number of rotatable bonds is 7. The normalized spacial score (nSPS) is 14.9. The number of hydrogen-bond donors (Lipinski definition) is 1. The Morgan fingerprint density at radius 2 is 1.79 bits per heavy atom. The summed E-state index contributed by atoms with van der Waals surface area (Å²) in [6.45, 7) is 3.40. The fourth-order valence-corrected chi connectivity index (χ4v) is 5.62. The number of carbonyl (C=O) groups excluding carboxylic acids is 1. The van der Waals surface area contributed by atoms with Crippen LogP contribution < -0.4 is 20.1 Å². The quantitative estimate of drug-likeness (QED) is 0.566. The fourth-order valence-electron chi connectivity index (χ4n) is 4.19. The number of piperidine rings is 1. The van der Waals surface area contributed by atoms with Gasteiger partial charge in [-0.2, -0.15) is 0 Å². The summed E-state index contributed by atoms with van der Waals surface area (Å²) in [6, 6.07) is 11.8. The Hall–Kier alpha value is -3.33. The standard InChI is InChI=1S/C24H27N3O5S/c1-3-32-18-6-9-21-20(14-18)23(27-12-10-16(11-13-27)24(25)28)22(15-26-21)33(29,30)19-7-4-17(31-2)5-8-19/h4-9,14-16H,3,10-13H2,1-2H3,(H2,25,28). The van der Waals surface area contributed by atoms with Crippen molar-refractivity contribution in [3.05, 3.63) is 48.7 Å². The van der Waals surface area contributed by atoms with E-state index in [1.54, 1.807) is 12.1 Å². The second-order valence-corrected chi connectivity index (χ2v) is 9.84. The molecule has 3 aromatic rings. The average molecular weight is 470 g/mol. The van der Waals surface area contributed by atoms with Crippen LogP contribution >= 0.6 is 0 Å². The Labute approximate surface area is 193 Å². The average Bonchev–Trinajstić information content (AvgIpc) is 2.83. The number of nitrogens with zero attached hydrogens (tertiary/aromatic N) is 2. The number of hydrogen-bond acceptors (Lipinski definition) is 7. The van der Waals surface area contributed by atoms with Crippen molar-refractivity contribution in [2.45, 2.75) is 29.6 Å². The number of benzene rings is 2. The third-order valence-corrected chi connectivity index (χ3v) is 7.73. The summed E-state index contributed by atoms with van der Waals surface area (Å²) < 4.78 is 38.3. The van der Waals surface area contributed by atoms with E-state index in [9.17, 15) is 13.2 Å². The van der Waals surface area contributed by atoms with Gasteiger partial charge in [-0.05, 0) is 62.2 Å². The number of methoxy groups -OCH3 is 1. The predicted octanol–water partition coefficient (Wildman–Crippen LogP) is 3.18. The van der Waals surface area contributed by atoms with Gasteiger partial charge in [0.05, 0.1) is 29.8 Å². The third-order valence-electron chi connectivity index (χ3n) is 5.96. The predicted molar refractivity (Wildman–Crippen MR) is 125 cm³/mol. The number of primary amides is 1. The van der Waals surface area contributed by atoms with Crippen LogP contribution in [0.25, 0.3) is 10.9 Å². The Balaban J connectivity index is 1.88. The molecular weight excluding hydrogens is 442 g/mol. The van der Waals surface area contributed by atoms with Crippen LogP contribution in [0.3, 0.4) is 0 Å². The minimum Gasteiger partial charge on any atom is -0.497 e. The van der Waals surface area contributed by atoms with Crippen LogP contribution in [-0.2, 0) is 14.6 Å². The molecule has 0 radical (unpaired) electrons. The molecule has 33 heavy (non-hydrogen) atoms. The van der Waals surface area contributed by atoms with Crippen molar-refractivity contribution >= 4 is 32.3 Å². The van der Waals surface area contributed by atoms with Crippen LogP contribution in [0.4, 0.5) is 5.69 Å². The maximum absolute atomic E-state index is 13.7. The molecule has 1 fully saturated rings. The van der Waals surface area contributed by atoms with Crippen molar-refractivity contribution in [2.24, 2.45) is 11.7 Å². The molecule has 0 bridgehead atoms. The van der Waals surface area contributed by atoms with Gasteiger partial charge in [-0.25, -0.2) is 8.42 Å². The lowest BCUT2D eigenvalue weighted by Gasteiger charge is -2.34. The van der Waals surface area contributed by atoms with Crippen LogP contribution in [0, 0.1) is 5.92 Å². The van der Waals surface area contributed by atoms with Gasteiger partial charge in [0.25, 0.3) is 0 Å². The molecule has 0 aliphatic carbocycles. The molecule has 0 atom stereocenters. The third kappa shape index (κ3) is 4.45. The van der Waals surface area contributed by atoms with E-state index in [0.717, 1.165) is 0 Å². The van der Waals surface area contributed by atoms with Crippen molar-refractivity contribution in [1.29, 1.82) is 0 Å². The van der Waals surface area contributed by atoms with Gasteiger partial charge in [0.15, 0.2) is 0 Å². The van der Waals surface area contributed by atoms with Gasteiger partial charge in [-0.15, -0.1) is 0 Å². The molecule has 0 saturated carbocycles. The summed E-state index contributed by atoms with van der Waals surface area (Å²) >= 11 is 0. The van der Waals surface area contributed by atoms with Gasteiger partial charge in [0.2, 0.25) is 15.7 Å². The SMILES string of the molecule is CCOc1ccc2ncc(S(=O)(=O)c3ccc(OC)cc3)c(N3CCC(C(N)=O)CC3)c2c1. The zero-order valence-electron chi connectivity index (χ0n) is 18.7.